The number of rotatable bonds is 3. The molecule has 1 atom stereocenters. The van der Waals surface area contributed by atoms with Gasteiger partial charge in [-0.25, -0.2) is 0 Å². The molecule has 0 radical (unpaired) electrons. The minimum absolute atomic E-state index is 0.221. The number of carbonyl (C=O) groups excluding carboxylic acids is 1. The molecule has 1 amide bonds. The van der Waals surface area contributed by atoms with Crippen molar-refractivity contribution in [1.29, 1.82) is 0 Å². The molecule has 3 heterocycles. The van der Waals surface area contributed by atoms with Crippen LogP contribution in [0, 0.1) is 11.8 Å². The number of fused-ring (bicyclic) bond motifs is 2. The van der Waals surface area contributed by atoms with Gasteiger partial charge in [0.05, 0.1) is 5.69 Å². The molecule has 0 bridgehead atoms. The van der Waals surface area contributed by atoms with Crippen LogP contribution in [0.1, 0.15) is 60.4 Å². The monoisotopic (exact) mass is 593 g/mol. The highest BCUT2D eigenvalue weighted by molar-refractivity contribution is 9.10. The summed E-state index contributed by atoms with van der Waals surface area (Å²) in [6.45, 7) is 3.78. The van der Waals surface area contributed by atoms with Gasteiger partial charge in [0.2, 0.25) is 5.91 Å². The largest absolute Gasteiger partial charge is 0.343 e. The van der Waals surface area contributed by atoms with Crippen molar-refractivity contribution in [1.82, 2.24) is 15.2 Å². The maximum Gasteiger partial charge on any atom is 0.222 e. The molecule has 1 aromatic carbocycles. The lowest BCUT2D eigenvalue weighted by molar-refractivity contribution is -0.133. The van der Waals surface area contributed by atoms with Crippen LogP contribution in [-0.2, 0) is 17.6 Å². The van der Waals surface area contributed by atoms with Crippen LogP contribution in [0.25, 0.3) is 0 Å². The van der Waals surface area contributed by atoms with E-state index in [0.29, 0.717) is 24.2 Å². The Bertz CT molecular complexity index is 1030. The Balaban J connectivity index is 1.38. The Hall–Kier alpha value is -0.950. The van der Waals surface area contributed by atoms with Crippen molar-refractivity contribution in [3.05, 3.63) is 60.7 Å². The quantitative estimate of drug-likeness (QED) is 0.465. The SMILES string of the molecule is O=C(CC1CCNCC1)N1CCC([C@@H]2c3ncc(Br)cc3CCc3cc(Cl)cc(Br)c32)CC1. The number of halogens is 3. The lowest BCUT2D eigenvalue weighted by Gasteiger charge is -2.37. The van der Waals surface area contributed by atoms with Crippen molar-refractivity contribution in [3.63, 3.8) is 0 Å². The Kier molecular flexibility index (Phi) is 7.46. The number of amides is 1. The zero-order valence-electron chi connectivity index (χ0n) is 18.8. The Morgan fingerprint density at radius 3 is 2.55 bits per heavy atom. The van der Waals surface area contributed by atoms with Crippen LogP contribution < -0.4 is 5.32 Å². The third-order valence-electron chi connectivity index (χ3n) is 7.70. The number of pyridine rings is 1. The second-order valence-electron chi connectivity index (χ2n) is 9.75. The van der Waals surface area contributed by atoms with Gasteiger partial charge in [-0.15, -0.1) is 0 Å². The smallest absolute Gasteiger partial charge is 0.222 e. The molecule has 2 saturated heterocycles. The number of hydrogen-bond acceptors (Lipinski definition) is 3. The van der Waals surface area contributed by atoms with E-state index in [9.17, 15) is 4.79 Å². The number of hydrogen-bond donors (Lipinski definition) is 1. The first kappa shape index (κ1) is 23.8. The molecule has 7 heteroatoms. The first-order valence-electron chi connectivity index (χ1n) is 12.1. The van der Waals surface area contributed by atoms with Gasteiger partial charge in [-0.1, -0.05) is 27.5 Å². The highest BCUT2D eigenvalue weighted by Crippen LogP contribution is 2.46. The minimum atomic E-state index is 0.221. The number of piperidine rings is 2. The molecule has 0 spiro atoms. The van der Waals surface area contributed by atoms with Crippen molar-refractivity contribution in [2.75, 3.05) is 26.2 Å². The molecule has 1 N–H and O–H groups in total. The summed E-state index contributed by atoms with van der Waals surface area (Å²) in [6.07, 6.45) is 8.82. The minimum Gasteiger partial charge on any atom is -0.343 e. The zero-order chi connectivity index (χ0) is 22.9. The van der Waals surface area contributed by atoms with E-state index in [-0.39, 0.29) is 5.92 Å². The normalized spacial score (nSPS) is 21.9. The number of nitrogens with zero attached hydrogens (tertiary/aromatic N) is 2. The van der Waals surface area contributed by atoms with Crippen LogP contribution in [-0.4, -0.2) is 42.0 Å². The van der Waals surface area contributed by atoms with Crippen molar-refractivity contribution in [2.45, 2.75) is 50.9 Å². The molecule has 3 aliphatic rings. The van der Waals surface area contributed by atoms with Gasteiger partial charge in [0.25, 0.3) is 0 Å². The van der Waals surface area contributed by atoms with E-state index in [1.54, 1.807) is 0 Å². The van der Waals surface area contributed by atoms with Crippen LogP contribution in [0.3, 0.4) is 0 Å². The lowest BCUT2D eigenvalue weighted by Crippen LogP contribution is -2.41. The van der Waals surface area contributed by atoms with Gasteiger partial charge < -0.3 is 10.2 Å². The van der Waals surface area contributed by atoms with Crippen LogP contribution in [0.4, 0.5) is 0 Å². The molecule has 2 aliphatic heterocycles. The Labute approximate surface area is 218 Å². The number of aromatic nitrogens is 1. The average molecular weight is 596 g/mol. The summed E-state index contributed by atoms with van der Waals surface area (Å²) in [5, 5.41) is 4.17. The number of nitrogens with one attached hydrogen (secondary N) is 1. The predicted octanol–water partition coefficient (Wildman–Crippen LogP) is 6.12. The molecule has 33 heavy (non-hydrogen) atoms. The first-order valence-corrected chi connectivity index (χ1v) is 14.1. The van der Waals surface area contributed by atoms with E-state index < -0.39 is 0 Å². The summed E-state index contributed by atoms with van der Waals surface area (Å²) in [6, 6.07) is 6.39. The maximum absolute atomic E-state index is 13.0. The van der Waals surface area contributed by atoms with E-state index >= 15 is 0 Å². The van der Waals surface area contributed by atoms with E-state index in [0.717, 1.165) is 78.7 Å². The molecule has 2 fully saturated rings. The Morgan fingerprint density at radius 2 is 1.79 bits per heavy atom. The van der Waals surface area contributed by atoms with Gasteiger partial charge in [-0.3, -0.25) is 9.78 Å². The second-order valence-corrected chi connectivity index (χ2v) is 12.0. The third-order valence-corrected chi connectivity index (χ3v) is 9.01. The molecule has 4 nitrogen and oxygen atoms in total. The van der Waals surface area contributed by atoms with Gasteiger partial charge in [-0.2, -0.15) is 0 Å². The molecule has 0 saturated carbocycles. The predicted molar refractivity (Wildman–Crippen MR) is 140 cm³/mol. The van der Waals surface area contributed by atoms with Gasteiger partial charge in [0.15, 0.2) is 0 Å². The highest BCUT2D eigenvalue weighted by Gasteiger charge is 2.36. The lowest BCUT2D eigenvalue weighted by atomic mass is 9.76. The van der Waals surface area contributed by atoms with Crippen LogP contribution in [0.5, 0.6) is 0 Å². The van der Waals surface area contributed by atoms with E-state index in [4.69, 9.17) is 16.6 Å². The van der Waals surface area contributed by atoms with Crippen molar-refractivity contribution in [3.8, 4) is 0 Å². The summed E-state index contributed by atoms with van der Waals surface area (Å²) in [4.78, 5) is 20.1. The van der Waals surface area contributed by atoms with E-state index in [1.807, 2.05) is 12.3 Å². The maximum atomic E-state index is 13.0. The van der Waals surface area contributed by atoms with Gasteiger partial charge in [0.1, 0.15) is 0 Å². The topological polar surface area (TPSA) is 45.2 Å². The van der Waals surface area contributed by atoms with Crippen molar-refractivity contribution in [2.24, 2.45) is 11.8 Å². The van der Waals surface area contributed by atoms with Crippen molar-refractivity contribution < 1.29 is 4.79 Å². The number of likely N-dealkylation sites (tertiary alicyclic amines) is 1. The van der Waals surface area contributed by atoms with Gasteiger partial charge >= 0.3 is 0 Å². The second kappa shape index (κ2) is 10.3. The number of carbonyl (C=O) groups is 1. The van der Waals surface area contributed by atoms with E-state index in [1.165, 1.54) is 22.4 Å². The van der Waals surface area contributed by atoms with E-state index in [2.05, 4.69) is 54.2 Å². The molecular formula is C26H30Br2ClN3O. The third kappa shape index (κ3) is 5.19. The molecule has 0 unspecified atom stereocenters. The summed E-state index contributed by atoms with van der Waals surface area (Å²) < 4.78 is 2.11. The molecule has 1 aliphatic carbocycles. The van der Waals surface area contributed by atoms with Crippen LogP contribution >= 0.6 is 43.5 Å². The van der Waals surface area contributed by atoms with Gasteiger partial charge in [-0.05, 0) is 114 Å². The fraction of sp³-hybridized carbons (Fsp3) is 0.538. The molecular weight excluding hydrogens is 566 g/mol. The molecule has 1 aromatic heterocycles. The molecule has 176 valence electrons. The highest BCUT2D eigenvalue weighted by atomic mass is 79.9. The first-order chi connectivity index (χ1) is 16.0. The summed E-state index contributed by atoms with van der Waals surface area (Å²) in [7, 11) is 0. The summed E-state index contributed by atoms with van der Waals surface area (Å²) in [5.74, 6) is 1.56. The Morgan fingerprint density at radius 1 is 1.06 bits per heavy atom. The fourth-order valence-electron chi connectivity index (χ4n) is 5.97. The van der Waals surface area contributed by atoms with Crippen LogP contribution in [0.2, 0.25) is 5.02 Å². The fourth-order valence-corrected chi connectivity index (χ4v) is 7.47. The average Bonchev–Trinajstić information content (AvgIpc) is 2.96. The number of benzene rings is 1. The molecule has 2 aromatic rings. The zero-order valence-corrected chi connectivity index (χ0v) is 22.7. The van der Waals surface area contributed by atoms with Crippen LogP contribution in [0.15, 0.2) is 33.3 Å². The standard InChI is InChI=1S/C26H30Br2ClN3O/c27-20-12-19-2-1-18-13-21(29)14-22(28)24(18)25(26(19)31-15-20)17-5-9-32(10-6-17)23(33)11-16-3-7-30-8-4-16/h12-17,25,30H,1-11H2/t25-/m0/s1. The number of aryl methyl sites for hydroxylation is 2. The summed E-state index contributed by atoms with van der Waals surface area (Å²) in [5.41, 5.74) is 5.17. The molecule has 5 rings (SSSR count). The van der Waals surface area contributed by atoms with Crippen molar-refractivity contribution >= 4 is 49.4 Å². The summed E-state index contributed by atoms with van der Waals surface area (Å²) >= 11 is 13.9. The van der Waals surface area contributed by atoms with Gasteiger partial charge in [0, 0.05) is 45.6 Å².